The molecule has 2 nitrogen and oxygen atoms in total. The highest BCUT2D eigenvalue weighted by Crippen LogP contribution is 2.27. The first-order valence-corrected chi connectivity index (χ1v) is 7.52. The molecular formula is C18H27NO. The van der Waals surface area contributed by atoms with Crippen molar-refractivity contribution in [2.24, 2.45) is 0 Å². The van der Waals surface area contributed by atoms with E-state index in [9.17, 15) is 4.79 Å². The van der Waals surface area contributed by atoms with Crippen LogP contribution < -0.4 is 0 Å². The number of carbonyl (C=O) groups excluding carboxylic acids is 1. The van der Waals surface area contributed by atoms with E-state index in [1.165, 1.54) is 11.1 Å². The Hall–Kier alpha value is -1.57. The SMILES string of the molecule is CC.Cc1ccc(C(C)(C)CCN2CC=CC2=O)cc1. The summed E-state index contributed by atoms with van der Waals surface area (Å²) in [7, 11) is 0. The maximum Gasteiger partial charge on any atom is 0.246 e. The molecule has 0 aromatic heterocycles. The van der Waals surface area contributed by atoms with Gasteiger partial charge in [0.1, 0.15) is 0 Å². The van der Waals surface area contributed by atoms with Gasteiger partial charge in [0.15, 0.2) is 0 Å². The second-order valence-electron chi connectivity index (χ2n) is 5.69. The number of benzene rings is 1. The van der Waals surface area contributed by atoms with Gasteiger partial charge in [-0.1, -0.05) is 63.6 Å². The molecule has 0 saturated carbocycles. The van der Waals surface area contributed by atoms with Gasteiger partial charge in [-0.25, -0.2) is 0 Å². The van der Waals surface area contributed by atoms with Crippen LogP contribution in [0.2, 0.25) is 0 Å². The number of hydrogen-bond acceptors (Lipinski definition) is 1. The predicted octanol–water partition coefficient (Wildman–Crippen LogP) is 4.09. The van der Waals surface area contributed by atoms with Gasteiger partial charge in [0.25, 0.3) is 0 Å². The van der Waals surface area contributed by atoms with E-state index in [1.807, 2.05) is 24.8 Å². The third kappa shape index (κ3) is 4.22. The number of hydrogen-bond donors (Lipinski definition) is 0. The second kappa shape index (κ2) is 7.28. The molecule has 1 amide bonds. The number of nitrogens with zero attached hydrogens (tertiary/aromatic N) is 1. The first kappa shape index (κ1) is 16.5. The minimum Gasteiger partial charge on any atom is -0.335 e. The summed E-state index contributed by atoms with van der Waals surface area (Å²) in [5, 5.41) is 0. The van der Waals surface area contributed by atoms with E-state index in [1.54, 1.807) is 6.08 Å². The summed E-state index contributed by atoms with van der Waals surface area (Å²) in [6, 6.07) is 8.69. The van der Waals surface area contributed by atoms with Crippen LogP contribution in [0.25, 0.3) is 0 Å². The van der Waals surface area contributed by atoms with Crippen LogP contribution in [0.15, 0.2) is 36.4 Å². The van der Waals surface area contributed by atoms with Gasteiger partial charge in [0, 0.05) is 19.2 Å². The quantitative estimate of drug-likeness (QED) is 0.809. The average molecular weight is 273 g/mol. The topological polar surface area (TPSA) is 20.3 Å². The van der Waals surface area contributed by atoms with E-state index in [0.717, 1.165) is 19.5 Å². The zero-order valence-electron chi connectivity index (χ0n) is 13.4. The van der Waals surface area contributed by atoms with Gasteiger partial charge in [0.2, 0.25) is 5.91 Å². The van der Waals surface area contributed by atoms with Crippen LogP contribution in [0, 0.1) is 6.92 Å². The van der Waals surface area contributed by atoms with Crippen LogP contribution in [-0.4, -0.2) is 23.9 Å². The minimum atomic E-state index is 0.108. The number of aryl methyl sites for hydroxylation is 1. The molecule has 1 aromatic rings. The maximum atomic E-state index is 11.5. The fourth-order valence-electron chi connectivity index (χ4n) is 2.24. The van der Waals surface area contributed by atoms with Gasteiger partial charge in [-0.15, -0.1) is 0 Å². The lowest BCUT2D eigenvalue weighted by molar-refractivity contribution is -0.124. The smallest absolute Gasteiger partial charge is 0.246 e. The van der Waals surface area contributed by atoms with Crippen molar-refractivity contribution in [3.8, 4) is 0 Å². The summed E-state index contributed by atoms with van der Waals surface area (Å²) in [5.41, 5.74) is 2.73. The fraction of sp³-hybridized carbons (Fsp3) is 0.500. The van der Waals surface area contributed by atoms with Crippen molar-refractivity contribution in [1.29, 1.82) is 0 Å². The Kier molecular flexibility index (Phi) is 6.00. The first-order chi connectivity index (χ1) is 9.49. The van der Waals surface area contributed by atoms with Gasteiger partial charge in [-0.2, -0.15) is 0 Å². The normalized spacial score (nSPS) is 14.2. The van der Waals surface area contributed by atoms with Crippen molar-refractivity contribution in [3.05, 3.63) is 47.5 Å². The highest BCUT2D eigenvalue weighted by Gasteiger charge is 2.23. The predicted molar refractivity (Wildman–Crippen MR) is 85.9 cm³/mol. The maximum absolute atomic E-state index is 11.5. The molecule has 0 spiro atoms. The van der Waals surface area contributed by atoms with Crippen molar-refractivity contribution < 1.29 is 4.79 Å². The second-order valence-corrected chi connectivity index (χ2v) is 5.69. The standard InChI is InChI=1S/C16H21NO.C2H6/c1-13-6-8-14(9-7-13)16(2,3)10-12-17-11-4-5-15(17)18;1-2/h4-9H,10-12H2,1-3H3;1-2H3. The number of rotatable bonds is 4. The summed E-state index contributed by atoms with van der Waals surface area (Å²) in [4.78, 5) is 13.4. The van der Waals surface area contributed by atoms with Gasteiger partial charge in [0.05, 0.1) is 0 Å². The Morgan fingerprint density at radius 2 is 1.75 bits per heavy atom. The molecule has 0 N–H and O–H groups in total. The van der Waals surface area contributed by atoms with Crippen LogP contribution in [0.1, 0.15) is 45.2 Å². The van der Waals surface area contributed by atoms with Gasteiger partial charge in [-0.05, 0) is 24.3 Å². The Balaban J connectivity index is 0.000000956. The Morgan fingerprint density at radius 1 is 1.15 bits per heavy atom. The largest absolute Gasteiger partial charge is 0.335 e. The van der Waals surface area contributed by atoms with E-state index in [0.29, 0.717) is 0 Å². The summed E-state index contributed by atoms with van der Waals surface area (Å²) in [6.45, 7) is 12.2. The van der Waals surface area contributed by atoms with Crippen LogP contribution in [-0.2, 0) is 10.2 Å². The third-order valence-corrected chi connectivity index (χ3v) is 3.74. The molecule has 1 heterocycles. The van der Waals surface area contributed by atoms with Crippen molar-refractivity contribution in [2.75, 3.05) is 13.1 Å². The molecule has 0 fully saturated rings. The zero-order valence-corrected chi connectivity index (χ0v) is 13.4. The van der Waals surface area contributed by atoms with Crippen molar-refractivity contribution in [3.63, 3.8) is 0 Å². The molecule has 1 aliphatic heterocycles. The molecule has 0 bridgehead atoms. The molecule has 2 rings (SSSR count). The van der Waals surface area contributed by atoms with Crippen molar-refractivity contribution in [1.82, 2.24) is 4.90 Å². The van der Waals surface area contributed by atoms with Crippen molar-refractivity contribution >= 4 is 5.91 Å². The molecule has 0 radical (unpaired) electrons. The molecule has 1 aliphatic rings. The zero-order chi connectivity index (χ0) is 15.2. The molecule has 0 unspecified atom stereocenters. The Bertz CT molecular complexity index is 457. The highest BCUT2D eigenvalue weighted by molar-refractivity contribution is 5.89. The first-order valence-electron chi connectivity index (χ1n) is 7.52. The van der Waals surface area contributed by atoms with E-state index in [4.69, 9.17) is 0 Å². The molecular weight excluding hydrogens is 246 g/mol. The van der Waals surface area contributed by atoms with E-state index >= 15 is 0 Å². The third-order valence-electron chi connectivity index (χ3n) is 3.74. The van der Waals surface area contributed by atoms with Crippen LogP contribution >= 0.6 is 0 Å². The van der Waals surface area contributed by atoms with Crippen LogP contribution in [0.3, 0.4) is 0 Å². The Morgan fingerprint density at radius 3 is 2.25 bits per heavy atom. The molecule has 1 aromatic carbocycles. The molecule has 0 saturated heterocycles. The summed E-state index contributed by atoms with van der Waals surface area (Å²) < 4.78 is 0. The number of amides is 1. The fourth-order valence-corrected chi connectivity index (χ4v) is 2.24. The van der Waals surface area contributed by atoms with Crippen LogP contribution in [0.4, 0.5) is 0 Å². The lowest BCUT2D eigenvalue weighted by Crippen LogP contribution is -2.31. The summed E-state index contributed by atoms with van der Waals surface area (Å²) >= 11 is 0. The van der Waals surface area contributed by atoms with Gasteiger partial charge in [-0.3, -0.25) is 4.79 Å². The lowest BCUT2D eigenvalue weighted by atomic mass is 9.81. The molecule has 2 heteroatoms. The average Bonchev–Trinajstić information content (AvgIpc) is 2.85. The molecule has 0 aliphatic carbocycles. The summed E-state index contributed by atoms with van der Waals surface area (Å²) in [5.74, 6) is 0.148. The van der Waals surface area contributed by atoms with Gasteiger partial charge < -0.3 is 4.90 Å². The summed E-state index contributed by atoms with van der Waals surface area (Å²) in [6.07, 6.45) is 4.59. The molecule has 20 heavy (non-hydrogen) atoms. The van der Waals surface area contributed by atoms with E-state index < -0.39 is 0 Å². The molecule has 0 atom stereocenters. The van der Waals surface area contributed by atoms with Crippen LogP contribution in [0.5, 0.6) is 0 Å². The monoisotopic (exact) mass is 273 g/mol. The number of carbonyl (C=O) groups is 1. The minimum absolute atomic E-state index is 0.108. The lowest BCUT2D eigenvalue weighted by Gasteiger charge is -2.28. The molecule has 110 valence electrons. The van der Waals surface area contributed by atoms with E-state index in [2.05, 4.69) is 45.0 Å². The Labute approximate surface area is 123 Å². The van der Waals surface area contributed by atoms with Gasteiger partial charge >= 0.3 is 0 Å². The van der Waals surface area contributed by atoms with Crippen molar-refractivity contribution in [2.45, 2.75) is 46.5 Å². The highest BCUT2D eigenvalue weighted by atomic mass is 16.2. The van der Waals surface area contributed by atoms with E-state index in [-0.39, 0.29) is 11.3 Å².